The smallest absolute Gasteiger partial charge is 0.306 e. The number of aliphatic carboxylic acids is 1. The molecular formula is C22H22ClN5O2. The third kappa shape index (κ3) is 2.92. The first-order chi connectivity index (χ1) is 14.4. The number of para-hydroxylation sites is 1. The number of aryl methyl sites for hydroxylation is 1. The van der Waals surface area contributed by atoms with Crippen LogP contribution in [0.4, 0.5) is 5.82 Å². The number of nitrogen functional groups attached to an aromatic ring is 1. The van der Waals surface area contributed by atoms with E-state index in [1.54, 1.807) is 6.20 Å². The maximum atomic E-state index is 11.3. The van der Waals surface area contributed by atoms with E-state index in [0.717, 1.165) is 52.2 Å². The fourth-order valence-electron chi connectivity index (χ4n) is 4.62. The van der Waals surface area contributed by atoms with Gasteiger partial charge in [-0.3, -0.25) is 9.20 Å². The normalized spacial score (nSPS) is 19.5. The Balaban J connectivity index is 1.67. The molecule has 0 spiro atoms. The summed E-state index contributed by atoms with van der Waals surface area (Å²) in [7, 11) is 0. The van der Waals surface area contributed by atoms with Crippen molar-refractivity contribution in [2.45, 2.75) is 38.5 Å². The molecule has 0 bridgehead atoms. The molecule has 30 heavy (non-hydrogen) atoms. The average Bonchev–Trinajstić information content (AvgIpc) is 3.34. The lowest BCUT2D eigenvalue weighted by molar-refractivity contribution is -0.142. The first kappa shape index (κ1) is 18.9. The molecule has 1 aromatic carbocycles. The zero-order valence-electron chi connectivity index (χ0n) is 16.5. The van der Waals surface area contributed by atoms with E-state index >= 15 is 0 Å². The summed E-state index contributed by atoms with van der Waals surface area (Å²) in [5.74, 6) is 0.533. The van der Waals surface area contributed by atoms with Gasteiger partial charge in [0.2, 0.25) is 0 Å². The van der Waals surface area contributed by atoms with Crippen molar-refractivity contribution in [3.63, 3.8) is 0 Å². The zero-order valence-corrected chi connectivity index (χ0v) is 17.3. The van der Waals surface area contributed by atoms with Crippen molar-refractivity contribution in [3.8, 4) is 11.4 Å². The van der Waals surface area contributed by atoms with Crippen LogP contribution in [0.25, 0.3) is 27.8 Å². The number of imidazole rings is 1. The fraction of sp³-hybridized carbons (Fsp3) is 0.318. The zero-order chi connectivity index (χ0) is 21.0. The van der Waals surface area contributed by atoms with Crippen LogP contribution in [0.5, 0.6) is 0 Å². The Morgan fingerprint density at radius 2 is 2.07 bits per heavy atom. The average molecular weight is 424 g/mol. The van der Waals surface area contributed by atoms with Crippen LogP contribution in [0.2, 0.25) is 5.02 Å². The second-order valence-corrected chi connectivity index (χ2v) is 8.47. The number of hydrogen-bond acceptors (Lipinski definition) is 4. The number of carboxylic acid groups (broad SMARTS) is 1. The van der Waals surface area contributed by atoms with Crippen molar-refractivity contribution in [2.75, 3.05) is 5.73 Å². The van der Waals surface area contributed by atoms with Crippen molar-refractivity contribution in [3.05, 3.63) is 47.0 Å². The monoisotopic (exact) mass is 423 g/mol. The van der Waals surface area contributed by atoms with Gasteiger partial charge in [0.25, 0.3) is 0 Å². The summed E-state index contributed by atoms with van der Waals surface area (Å²) in [4.78, 5) is 24.1. The summed E-state index contributed by atoms with van der Waals surface area (Å²) in [5.41, 5.74) is 10.5. The predicted molar refractivity (Wildman–Crippen MR) is 117 cm³/mol. The Morgan fingerprint density at radius 1 is 1.30 bits per heavy atom. The largest absolute Gasteiger partial charge is 0.481 e. The van der Waals surface area contributed by atoms with Gasteiger partial charge in [0.15, 0.2) is 0 Å². The summed E-state index contributed by atoms with van der Waals surface area (Å²) in [6.45, 7) is 1.99. The minimum Gasteiger partial charge on any atom is -0.481 e. The number of aromatic amines is 1. The number of hydrogen-bond donors (Lipinski definition) is 3. The molecule has 7 nitrogen and oxygen atoms in total. The number of carbonyl (C=O) groups is 1. The quantitative estimate of drug-likeness (QED) is 0.439. The van der Waals surface area contributed by atoms with Crippen molar-refractivity contribution in [1.29, 1.82) is 0 Å². The number of carboxylic acids is 1. The Kier molecular flexibility index (Phi) is 4.43. The van der Waals surface area contributed by atoms with Crippen LogP contribution >= 0.6 is 11.6 Å². The van der Waals surface area contributed by atoms with Gasteiger partial charge in [-0.15, -0.1) is 0 Å². The first-order valence-electron chi connectivity index (χ1n) is 10.1. The minimum atomic E-state index is -0.707. The fourth-order valence-corrected chi connectivity index (χ4v) is 4.85. The predicted octanol–water partition coefficient (Wildman–Crippen LogP) is 4.78. The van der Waals surface area contributed by atoms with Crippen LogP contribution in [-0.2, 0) is 4.79 Å². The summed E-state index contributed by atoms with van der Waals surface area (Å²) >= 11 is 6.36. The second-order valence-electron chi connectivity index (χ2n) is 8.06. The van der Waals surface area contributed by atoms with Crippen LogP contribution in [0.15, 0.2) is 30.5 Å². The Labute approximate surface area is 177 Å². The molecule has 0 amide bonds. The van der Waals surface area contributed by atoms with Gasteiger partial charge in [-0.2, -0.15) is 0 Å². The molecule has 8 heteroatoms. The van der Waals surface area contributed by atoms with Gasteiger partial charge < -0.3 is 15.8 Å². The van der Waals surface area contributed by atoms with Gasteiger partial charge in [0, 0.05) is 23.2 Å². The number of aromatic nitrogens is 4. The Hall–Kier alpha value is -3.06. The maximum Gasteiger partial charge on any atom is 0.306 e. The van der Waals surface area contributed by atoms with E-state index in [1.165, 1.54) is 0 Å². The molecule has 3 heterocycles. The highest BCUT2D eigenvalue weighted by Gasteiger charge is 2.31. The number of halogens is 1. The Morgan fingerprint density at radius 3 is 2.77 bits per heavy atom. The van der Waals surface area contributed by atoms with E-state index < -0.39 is 5.97 Å². The highest BCUT2D eigenvalue weighted by atomic mass is 35.5. The lowest BCUT2D eigenvalue weighted by Gasteiger charge is -2.25. The molecule has 4 aromatic rings. The second kappa shape index (κ2) is 7.02. The highest BCUT2D eigenvalue weighted by Crippen LogP contribution is 2.39. The third-order valence-corrected chi connectivity index (χ3v) is 6.51. The molecule has 0 saturated heterocycles. The molecule has 0 unspecified atom stereocenters. The molecule has 0 aliphatic heterocycles. The van der Waals surface area contributed by atoms with Crippen LogP contribution in [0, 0.1) is 12.8 Å². The molecule has 1 aliphatic carbocycles. The molecule has 1 fully saturated rings. The minimum absolute atomic E-state index is 0.176. The van der Waals surface area contributed by atoms with Crippen LogP contribution in [-0.4, -0.2) is 30.4 Å². The van der Waals surface area contributed by atoms with Crippen molar-refractivity contribution in [1.82, 2.24) is 19.4 Å². The van der Waals surface area contributed by atoms with E-state index in [-0.39, 0.29) is 11.8 Å². The molecule has 154 valence electrons. The number of nitrogens with zero attached hydrogens (tertiary/aromatic N) is 3. The third-order valence-electron chi connectivity index (χ3n) is 6.19. The summed E-state index contributed by atoms with van der Waals surface area (Å²) in [5, 5.41) is 11.0. The van der Waals surface area contributed by atoms with Gasteiger partial charge in [-0.05, 0) is 44.7 Å². The van der Waals surface area contributed by atoms with Gasteiger partial charge in [0.1, 0.15) is 22.9 Å². The number of rotatable bonds is 3. The first-order valence-corrected chi connectivity index (χ1v) is 10.5. The topological polar surface area (TPSA) is 109 Å². The number of nitrogens with one attached hydrogen (secondary N) is 1. The number of anilines is 1. The van der Waals surface area contributed by atoms with E-state index in [9.17, 15) is 9.90 Å². The SMILES string of the molecule is Cc1cnc(N)c2c(-c3cc4cccc(Cl)c4[nH]3)nc(C3CCC(C(=O)O)CC3)n12. The lowest BCUT2D eigenvalue weighted by atomic mass is 9.81. The van der Waals surface area contributed by atoms with E-state index in [4.69, 9.17) is 22.3 Å². The maximum absolute atomic E-state index is 11.3. The van der Waals surface area contributed by atoms with Crippen LogP contribution in [0.3, 0.4) is 0 Å². The molecule has 5 rings (SSSR count). The summed E-state index contributed by atoms with van der Waals surface area (Å²) in [6.07, 6.45) is 4.64. The molecule has 3 aromatic heterocycles. The van der Waals surface area contributed by atoms with Crippen molar-refractivity contribution < 1.29 is 9.90 Å². The van der Waals surface area contributed by atoms with Crippen LogP contribution in [0.1, 0.15) is 43.1 Å². The number of nitrogens with two attached hydrogens (primary N) is 1. The summed E-state index contributed by atoms with van der Waals surface area (Å²) < 4.78 is 2.08. The highest BCUT2D eigenvalue weighted by molar-refractivity contribution is 6.35. The van der Waals surface area contributed by atoms with Gasteiger partial charge in [-0.25, -0.2) is 9.97 Å². The molecule has 0 radical (unpaired) electrons. The molecule has 0 atom stereocenters. The number of fused-ring (bicyclic) bond motifs is 2. The Bertz CT molecular complexity index is 1280. The van der Waals surface area contributed by atoms with Gasteiger partial charge >= 0.3 is 5.97 Å². The molecule has 1 aliphatic rings. The molecule has 1 saturated carbocycles. The van der Waals surface area contributed by atoms with E-state index in [1.807, 2.05) is 31.2 Å². The van der Waals surface area contributed by atoms with Gasteiger partial charge in [-0.1, -0.05) is 23.7 Å². The van der Waals surface area contributed by atoms with E-state index in [2.05, 4.69) is 14.4 Å². The van der Waals surface area contributed by atoms with Crippen LogP contribution < -0.4 is 5.73 Å². The van der Waals surface area contributed by atoms with Crippen molar-refractivity contribution >= 4 is 39.8 Å². The number of benzene rings is 1. The lowest BCUT2D eigenvalue weighted by Crippen LogP contribution is -2.21. The van der Waals surface area contributed by atoms with Crippen molar-refractivity contribution in [2.24, 2.45) is 5.92 Å². The summed E-state index contributed by atoms with van der Waals surface area (Å²) in [6, 6.07) is 7.79. The standard InChI is InChI=1S/C22H22ClN5O2/c1-11-10-25-20(24)19-18(16-9-14-3-2-4-15(23)17(14)26-16)27-21(28(11)19)12-5-7-13(8-6-12)22(29)30/h2-4,9-10,12-13,26H,5-8H2,1H3,(H2,24,25)(H,29,30). The van der Waals surface area contributed by atoms with E-state index in [0.29, 0.717) is 23.7 Å². The van der Waals surface area contributed by atoms with Gasteiger partial charge in [0.05, 0.1) is 22.2 Å². The molecule has 4 N–H and O–H groups in total. The molecular weight excluding hydrogens is 402 g/mol. The number of H-pyrrole nitrogens is 1.